The molecule has 6 nitrogen and oxygen atoms in total. The summed E-state index contributed by atoms with van der Waals surface area (Å²) in [6.45, 7) is 0.224. The van der Waals surface area contributed by atoms with Crippen molar-refractivity contribution >= 4 is 35.1 Å². The minimum Gasteiger partial charge on any atom is -0.455 e. The van der Waals surface area contributed by atoms with Crippen molar-refractivity contribution in [2.75, 3.05) is 25.0 Å². The molecule has 1 aromatic rings. The van der Waals surface area contributed by atoms with Crippen LogP contribution in [-0.4, -0.2) is 42.4 Å². The van der Waals surface area contributed by atoms with Gasteiger partial charge in [0.25, 0.3) is 5.91 Å². The van der Waals surface area contributed by atoms with E-state index in [4.69, 9.17) is 16.3 Å². The fourth-order valence-electron chi connectivity index (χ4n) is 3.22. The third-order valence-electron chi connectivity index (χ3n) is 4.97. The van der Waals surface area contributed by atoms with E-state index in [1.54, 1.807) is 4.90 Å². The van der Waals surface area contributed by atoms with Crippen LogP contribution in [0.25, 0.3) is 0 Å². The molecule has 1 aliphatic carbocycles. The van der Waals surface area contributed by atoms with Crippen LogP contribution in [0.1, 0.15) is 31.2 Å². The first-order valence-electron chi connectivity index (χ1n) is 9.27. The number of piperidine rings is 1. The van der Waals surface area contributed by atoms with Crippen molar-refractivity contribution in [1.29, 1.82) is 0 Å². The third kappa shape index (κ3) is 5.62. The lowest BCUT2D eigenvalue weighted by molar-refractivity contribution is -0.154. The average Bonchev–Trinajstić information content (AvgIpc) is 3.51. The molecule has 10 heteroatoms. The first-order chi connectivity index (χ1) is 13.6. The van der Waals surface area contributed by atoms with Gasteiger partial charge in [0.05, 0.1) is 17.2 Å². The van der Waals surface area contributed by atoms with Gasteiger partial charge >= 0.3 is 12.1 Å². The minimum atomic E-state index is -4.70. The predicted molar refractivity (Wildman–Crippen MR) is 98.1 cm³/mol. The number of rotatable bonds is 5. The van der Waals surface area contributed by atoms with Crippen molar-refractivity contribution in [3.8, 4) is 0 Å². The van der Waals surface area contributed by atoms with Crippen LogP contribution in [0.2, 0.25) is 5.02 Å². The zero-order valence-corrected chi connectivity index (χ0v) is 16.2. The number of hydrogen-bond donors (Lipinski definition) is 1. The van der Waals surface area contributed by atoms with Crippen molar-refractivity contribution < 1.29 is 32.3 Å². The molecule has 1 N–H and O–H groups in total. The smallest absolute Gasteiger partial charge is 0.418 e. The second-order valence-corrected chi connectivity index (χ2v) is 7.65. The molecule has 0 bridgehead atoms. The van der Waals surface area contributed by atoms with E-state index in [-0.39, 0.29) is 16.8 Å². The number of esters is 1. The van der Waals surface area contributed by atoms with Gasteiger partial charge in [-0.25, -0.2) is 0 Å². The minimum absolute atomic E-state index is 0.117. The van der Waals surface area contributed by atoms with E-state index in [9.17, 15) is 27.6 Å². The Hall–Kier alpha value is -2.29. The van der Waals surface area contributed by atoms with Crippen molar-refractivity contribution in [3.63, 3.8) is 0 Å². The molecule has 3 rings (SSSR count). The molecule has 1 aromatic carbocycles. The molecule has 29 heavy (non-hydrogen) atoms. The van der Waals surface area contributed by atoms with E-state index in [0.717, 1.165) is 18.9 Å². The summed E-state index contributed by atoms with van der Waals surface area (Å²) in [7, 11) is 0. The molecule has 1 saturated heterocycles. The van der Waals surface area contributed by atoms with Crippen LogP contribution >= 0.6 is 11.6 Å². The first-order valence-corrected chi connectivity index (χ1v) is 9.65. The quantitative estimate of drug-likeness (QED) is 0.723. The maximum Gasteiger partial charge on any atom is 0.418 e. The molecule has 0 radical (unpaired) electrons. The molecule has 0 spiro atoms. The van der Waals surface area contributed by atoms with Crippen LogP contribution in [0.4, 0.5) is 18.9 Å². The molecule has 0 atom stereocenters. The second kappa shape index (κ2) is 8.61. The molecular weight excluding hydrogens is 413 g/mol. The van der Waals surface area contributed by atoms with Crippen LogP contribution in [-0.2, 0) is 25.3 Å². The van der Waals surface area contributed by atoms with E-state index >= 15 is 0 Å². The van der Waals surface area contributed by atoms with E-state index < -0.39 is 41.8 Å². The zero-order valence-electron chi connectivity index (χ0n) is 15.4. The van der Waals surface area contributed by atoms with Crippen molar-refractivity contribution in [2.45, 2.75) is 31.9 Å². The van der Waals surface area contributed by atoms with Gasteiger partial charge in [-0.15, -0.1) is 0 Å². The summed E-state index contributed by atoms with van der Waals surface area (Å²) in [5.41, 5.74) is -1.55. The average molecular weight is 433 g/mol. The van der Waals surface area contributed by atoms with Crippen molar-refractivity contribution in [1.82, 2.24) is 4.90 Å². The highest BCUT2D eigenvalue weighted by Gasteiger charge is 2.37. The van der Waals surface area contributed by atoms with E-state index in [1.165, 1.54) is 6.07 Å². The summed E-state index contributed by atoms with van der Waals surface area (Å²) < 4.78 is 44.1. The largest absolute Gasteiger partial charge is 0.455 e. The maximum absolute atomic E-state index is 13.1. The number of ether oxygens (including phenoxy) is 1. The summed E-state index contributed by atoms with van der Waals surface area (Å²) in [4.78, 5) is 37.8. The molecule has 2 fully saturated rings. The molecule has 0 aromatic heterocycles. The number of amides is 2. The Morgan fingerprint density at radius 3 is 2.34 bits per heavy atom. The highest BCUT2D eigenvalue weighted by molar-refractivity contribution is 6.30. The molecule has 2 aliphatic rings. The van der Waals surface area contributed by atoms with Crippen molar-refractivity contribution in [2.24, 2.45) is 11.8 Å². The molecule has 0 unspecified atom stereocenters. The number of alkyl halides is 3. The predicted octanol–water partition coefficient (Wildman–Crippen LogP) is 3.49. The summed E-state index contributed by atoms with van der Waals surface area (Å²) in [5.74, 6) is -1.66. The molecular formula is C19H20ClF3N2O4. The first kappa shape index (κ1) is 21.4. The van der Waals surface area contributed by atoms with Gasteiger partial charge in [0.1, 0.15) is 0 Å². The van der Waals surface area contributed by atoms with Gasteiger partial charge in [-0.1, -0.05) is 11.6 Å². The Morgan fingerprint density at radius 2 is 1.76 bits per heavy atom. The van der Waals surface area contributed by atoms with Gasteiger partial charge in [-0.05, 0) is 43.9 Å². The van der Waals surface area contributed by atoms with E-state index in [2.05, 4.69) is 5.32 Å². The molecule has 158 valence electrons. The van der Waals surface area contributed by atoms with Crippen LogP contribution in [0.3, 0.4) is 0 Å². The fourth-order valence-corrected chi connectivity index (χ4v) is 3.40. The molecule has 2 amide bonds. The van der Waals surface area contributed by atoms with Gasteiger partial charge < -0.3 is 15.0 Å². The summed E-state index contributed by atoms with van der Waals surface area (Å²) in [6.07, 6.45) is -1.99. The lowest BCUT2D eigenvalue weighted by Crippen LogP contribution is -2.41. The van der Waals surface area contributed by atoms with E-state index in [1.807, 2.05) is 0 Å². The fraction of sp³-hybridized carbons (Fsp3) is 0.526. The highest BCUT2D eigenvalue weighted by atomic mass is 35.5. The van der Waals surface area contributed by atoms with Gasteiger partial charge in [-0.3, -0.25) is 14.4 Å². The number of anilines is 1. The van der Waals surface area contributed by atoms with Gasteiger partial charge in [0.2, 0.25) is 5.91 Å². The Morgan fingerprint density at radius 1 is 1.10 bits per heavy atom. The Kier molecular flexibility index (Phi) is 6.36. The maximum atomic E-state index is 13.1. The summed E-state index contributed by atoms with van der Waals surface area (Å²) >= 11 is 5.59. The van der Waals surface area contributed by atoms with Gasteiger partial charge in [0.15, 0.2) is 6.61 Å². The van der Waals surface area contributed by atoms with Gasteiger partial charge in [0, 0.05) is 24.0 Å². The topological polar surface area (TPSA) is 75.7 Å². The number of nitrogens with one attached hydrogen (secondary N) is 1. The summed E-state index contributed by atoms with van der Waals surface area (Å²) in [5, 5.41) is 1.98. The van der Waals surface area contributed by atoms with Crippen molar-refractivity contribution in [3.05, 3.63) is 28.8 Å². The monoisotopic (exact) mass is 432 g/mol. The normalized spacial score (nSPS) is 17.7. The van der Waals surface area contributed by atoms with Crippen LogP contribution in [0, 0.1) is 11.8 Å². The van der Waals surface area contributed by atoms with Crippen LogP contribution in [0.15, 0.2) is 18.2 Å². The number of nitrogens with zero attached hydrogens (tertiary/aromatic N) is 1. The van der Waals surface area contributed by atoms with Crippen LogP contribution < -0.4 is 5.32 Å². The Bertz CT molecular complexity index is 803. The number of halogens is 4. The lowest BCUT2D eigenvalue weighted by Gasteiger charge is -2.31. The Balaban J connectivity index is 1.47. The number of benzene rings is 1. The second-order valence-electron chi connectivity index (χ2n) is 7.22. The number of carbonyl (C=O) groups excluding carboxylic acids is 3. The molecule has 1 saturated carbocycles. The number of likely N-dealkylation sites (tertiary alicyclic amines) is 1. The SMILES string of the molecule is O=C(COC(=O)C1CCN(C(=O)C2CC2)CC1)Nc1ccc(Cl)cc1C(F)(F)F. The Labute approximate surface area is 170 Å². The van der Waals surface area contributed by atoms with Crippen LogP contribution in [0.5, 0.6) is 0 Å². The highest BCUT2D eigenvalue weighted by Crippen LogP contribution is 2.36. The number of carbonyl (C=O) groups is 3. The molecule has 1 heterocycles. The third-order valence-corrected chi connectivity index (χ3v) is 5.21. The molecule has 1 aliphatic heterocycles. The number of hydrogen-bond acceptors (Lipinski definition) is 4. The zero-order chi connectivity index (χ0) is 21.2. The van der Waals surface area contributed by atoms with Gasteiger partial charge in [-0.2, -0.15) is 13.2 Å². The standard InChI is InChI=1S/C19H20ClF3N2O4/c20-13-3-4-15(14(9-13)19(21,22)23)24-16(26)10-29-18(28)12-5-7-25(8-6-12)17(27)11-1-2-11/h3-4,9,11-12H,1-2,5-8,10H2,(H,24,26). The summed E-state index contributed by atoms with van der Waals surface area (Å²) in [6, 6.07) is 2.96. The van der Waals surface area contributed by atoms with E-state index in [0.29, 0.717) is 32.0 Å². The lowest BCUT2D eigenvalue weighted by atomic mass is 9.97.